The number of ether oxygens (including phenoxy) is 1. The molecule has 31 heavy (non-hydrogen) atoms. The fourth-order valence-corrected chi connectivity index (χ4v) is 5.01. The summed E-state index contributed by atoms with van der Waals surface area (Å²) in [5.74, 6) is 0.486. The number of piperidine rings is 1. The molecule has 1 amide bonds. The molecule has 0 spiro atoms. The average Bonchev–Trinajstić information content (AvgIpc) is 2.78. The standard InChI is InChI=1S/C24H30N2O4S/c1-18-9-10-23(30-3)22(17-18)19(2)25-24(27)21-11-14-26(15-12-21)31(28,29)16-13-20-7-5-4-6-8-20/h4-10,13,16-17,19,21H,11-12,14-15H2,1-3H3,(H,25,27)/b16-13+. The average molecular weight is 443 g/mol. The second-order valence-electron chi connectivity index (χ2n) is 7.91. The summed E-state index contributed by atoms with van der Waals surface area (Å²) in [7, 11) is -1.89. The molecule has 1 heterocycles. The van der Waals surface area contributed by atoms with E-state index in [9.17, 15) is 13.2 Å². The highest BCUT2D eigenvalue weighted by atomic mass is 32.2. The van der Waals surface area contributed by atoms with Crippen molar-refractivity contribution in [2.24, 2.45) is 5.92 Å². The molecule has 2 aromatic rings. The molecule has 2 aromatic carbocycles. The molecule has 0 bridgehead atoms. The number of hydrogen-bond donors (Lipinski definition) is 1. The first-order valence-electron chi connectivity index (χ1n) is 10.5. The van der Waals surface area contributed by atoms with Gasteiger partial charge in [-0.25, -0.2) is 8.42 Å². The van der Waals surface area contributed by atoms with Gasteiger partial charge in [0.05, 0.1) is 13.2 Å². The third kappa shape index (κ3) is 5.95. The summed E-state index contributed by atoms with van der Waals surface area (Å²) in [5.41, 5.74) is 2.86. The van der Waals surface area contributed by atoms with Crippen LogP contribution in [0.25, 0.3) is 6.08 Å². The van der Waals surface area contributed by atoms with Crippen LogP contribution >= 0.6 is 0 Å². The molecule has 6 nitrogen and oxygen atoms in total. The Balaban J connectivity index is 1.57. The smallest absolute Gasteiger partial charge is 0.236 e. The highest BCUT2D eigenvalue weighted by molar-refractivity contribution is 7.92. The second kappa shape index (κ2) is 10.1. The van der Waals surface area contributed by atoms with Crippen molar-refractivity contribution in [3.05, 3.63) is 70.6 Å². The van der Waals surface area contributed by atoms with Gasteiger partial charge < -0.3 is 10.1 Å². The molecule has 1 unspecified atom stereocenters. The van der Waals surface area contributed by atoms with Crippen molar-refractivity contribution >= 4 is 22.0 Å². The Morgan fingerprint density at radius 3 is 2.48 bits per heavy atom. The topological polar surface area (TPSA) is 75.7 Å². The Morgan fingerprint density at radius 1 is 1.16 bits per heavy atom. The molecular formula is C24H30N2O4S. The number of nitrogens with one attached hydrogen (secondary N) is 1. The monoisotopic (exact) mass is 442 g/mol. The predicted molar refractivity (Wildman–Crippen MR) is 123 cm³/mol. The summed E-state index contributed by atoms with van der Waals surface area (Å²) in [6.45, 7) is 4.60. The lowest BCUT2D eigenvalue weighted by Gasteiger charge is -2.30. The number of rotatable bonds is 7. The van der Waals surface area contributed by atoms with Crippen LogP contribution in [0.5, 0.6) is 5.75 Å². The number of nitrogens with zero attached hydrogens (tertiary/aromatic N) is 1. The molecule has 0 radical (unpaired) electrons. The number of hydrogen-bond acceptors (Lipinski definition) is 4. The van der Waals surface area contributed by atoms with Crippen LogP contribution in [0.2, 0.25) is 0 Å². The molecule has 1 atom stereocenters. The van der Waals surface area contributed by atoms with Crippen LogP contribution in [0.15, 0.2) is 53.9 Å². The first-order valence-corrected chi connectivity index (χ1v) is 12.0. The van der Waals surface area contributed by atoms with Crippen LogP contribution in [0, 0.1) is 12.8 Å². The first-order chi connectivity index (χ1) is 14.8. The van der Waals surface area contributed by atoms with Crippen molar-refractivity contribution in [1.29, 1.82) is 0 Å². The molecule has 7 heteroatoms. The molecule has 0 saturated carbocycles. The lowest BCUT2D eigenvalue weighted by Crippen LogP contribution is -2.42. The lowest BCUT2D eigenvalue weighted by molar-refractivity contribution is -0.126. The van der Waals surface area contributed by atoms with Gasteiger partial charge in [-0.05, 0) is 44.4 Å². The van der Waals surface area contributed by atoms with Gasteiger partial charge in [0.1, 0.15) is 5.75 Å². The second-order valence-corrected chi connectivity index (χ2v) is 9.73. The maximum Gasteiger partial charge on any atom is 0.236 e. The van der Waals surface area contributed by atoms with Gasteiger partial charge in [-0.2, -0.15) is 4.31 Å². The zero-order valence-electron chi connectivity index (χ0n) is 18.2. The molecule has 1 fully saturated rings. The molecule has 1 aliphatic rings. The van der Waals surface area contributed by atoms with E-state index in [2.05, 4.69) is 5.32 Å². The summed E-state index contributed by atoms with van der Waals surface area (Å²) in [5, 5.41) is 4.31. The maximum absolute atomic E-state index is 12.8. The van der Waals surface area contributed by atoms with Crippen molar-refractivity contribution in [3.8, 4) is 5.75 Å². The van der Waals surface area contributed by atoms with E-state index in [-0.39, 0.29) is 17.9 Å². The van der Waals surface area contributed by atoms with Crippen LogP contribution in [0.3, 0.4) is 0 Å². The number of aryl methyl sites for hydroxylation is 1. The highest BCUT2D eigenvalue weighted by Crippen LogP contribution is 2.27. The minimum absolute atomic E-state index is 0.0482. The van der Waals surface area contributed by atoms with Gasteiger partial charge in [0.15, 0.2) is 0 Å². The van der Waals surface area contributed by atoms with Gasteiger partial charge in [-0.1, -0.05) is 48.0 Å². The van der Waals surface area contributed by atoms with Gasteiger partial charge in [0, 0.05) is 30.0 Å². The van der Waals surface area contributed by atoms with Gasteiger partial charge in [-0.3, -0.25) is 4.79 Å². The largest absolute Gasteiger partial charge is 0.496 e. The Bertz CT molecular complexity index is 1030. The summed E-state index contributed by atoms with van der Waals surface area (Å²) in [4.78, 5) is 12.8. The number of carbonyl (C=O) groups excluding carboxylic acids is 1. The molecule has 1 saturated heterocycles. The van der Waals surface area contributed by atoms with Crippen LogP contribution in [0.4, 0.5) is 0 Å². The quantitative estimate of drug-likeness (QED) is 0.706. The Morgan fingerprint density at radius 2 is 1.84 bits per heavy atom. The SMILES string of the molecule is COc1ccc(C)cc1C(C)NC(=O)C1CCN(S(=O)(=O)/C=C/c2ccccc2)CC1. The van der Waals surface area contributed by atoms with Gasteiger partial charge >= 0.3 is 0 Å². The summed E-state index contributed by atoms with van der Waals surface area (Å²) >= 11 is 0. The van der Waals surface area contributed by atoms with Crippen LogP contribution in [0.1, 0.15) is 42.5 Å². The van der Waals surface area contributed by atoms with Crippen LogP contribution < -0.4 is 10.1 Å². The van der Waals surface area contributed by atoms with Crippen molar-refractivity contribution in [2.45, 2.75) is 32.7 Å². The molecule has 1 N–H and O–H groups in total. The number of sulfonamides is 1. The third-order valence-corrected chi connectivity index (χ3v) is 7.19. The summed E-state index contributed by atoms with van der Waals surface area (Å²) in [6, 6.07) is 15.0. The maximum atomic E-state index is 12.8. The summed E-state index contributed by atoms with van der Waals surface area (Å²) in [6.07, 6.45) is 2.61. The van der Waals surface area contributed by atoms with Crippen LogP contribution in [-0.2, 0) is 14.8 Å². The van der Waals surface area contributed by atoms with E-state index < -0.39 is 10.0 Å². The molecule has 3 rings (SSSR count). The van der Waals surface area contributed by atoms with Crippen molar-refractivity contribution in [2.75, 3.05) is 20.2 Å². The normalized spacial score (nSPS) is 16.9. The minimum atomic E-state index is -3.51. The van der Waals surface area contributed by atoms with Gasteiger partial charge in [-0.15, -0.1) is 0 Å². The van der Waals surface area contributed by atoms with E-state index in [1.165, 1.54) is 9.71 Å². The molecule has 0 aliphatic carbocycles. The van der Waals surface area contributed by atoms with E-state index in [4.69, 9.17) is 4.74 Å². The Labute approximate surface area is 185 Å². The highest BCUT2D eigenvalue weighted by Gasteiger charge is 2.30. The third-order valence-electron chi connectivity index (χ3n) is 5.63. The van der Waals surface area contributed by atoms with Gasteiger partial charge in [0.2, 0.25) is 15.9 Å². The lowest BCUT2D eigenvalue weighted by atomic mass is 9.96. The number of methoxy groups -OCH3 is 1. The van der Waals surface area contributed by atoms with E-state index in [1.807, 2.05) is 62.4 Å². The van der Waals surface area contributed by atoms with Crippen molar-refractivity contribution in [3.63, 3.8) is 0 Å². The molecule has 1 aliphatic heterocycles. The first kappa shape index (κ1) is 23.0. The zero-order valence-corrected chi connectivity index (χ0v) is 19.1. The van der Waals surface area contributed by atoms with E-state index in [0.29, 0.717) is 25.9 Å². The molecule has 0 aromatic heterocycles. The van der Waals surface area contributed by atoms with Crippen LogP contribution in [-0.4, -0.2) is 38.8 Å². The minimum Gasteiger partial charge on any atom is -0.496 e. The van der Waals surface area contributed by atoms with Gasteiger partial charge in [0.25, 0.3) is 0 Å². The summed E-state index contributed by atoms with van der Waals surface area (Å²) < 4.78 is 32.1. The van der Waals surface area contributed by atoms with Crippen molar-refractivity contribution in [1.82, 2.24) is 9.62 Å². The Kier molecular flexibility index (Phi) is 7.51. The fraction of sp³-hybridized carbons (Fsp3) is 0.375. The fourth-order valence-electron chi connectivity index (χ4n) is 3.79. The van der Waals surface area contributed by atoms with E-state index in [0.717, 1.165) is 22.4 Å². The Hall–Kier alpha value is -2.64. The number of carbonyl (C=O) groups is 1. The van der Waals surface area contributed by atoms with Crippen molar-refractivity contribution < 1.29 is 17.9 Å². The predicted octanol–water partition coefficient (Wildman–Crippen LogP) is 3.89. The zero-order chi connectivity index (χ0) is 22.4. The van der Waals surface area contributed by atoms with E-state index in [1.54, 1.807) is 13.2 Å². The number of amides is 1. The van der Waals surface area contributed by atoms with E-state index >= 15 is 0 Å². The molecule has 166 valence electrons. The molecular weight excluding hydrogens is 412 g/mol. The number of benzene rings is 2.